The molecule has 0 bridgehead atoms. The van der Waals surface area contributed by atoms with Gasteiger partial charge in [-0.05, 0) is 7.05 Å². The topological polar surface area (TPSA) is 27.3 Å². The molecule has 40 valence electrons. The molecule has 0 amide bonds. The van der Waals surface area contributed by atoms with Gasteiger partial charge in [-0.1, -0.05) is 0 Å². The van der Waals surface area contributed by atoms with Gasteiger partial charge >= 0.3 is 6.40 Å². The molecule has 1 saturated heterocycles. The van der Waals surface area contributed by atoms with Crippen molar-refractivity contribution in [2.45, 2.75) is 0 Å². The molecule has 0 saturated carbocycles. The van der Waals surface area contributed by atoms with Crippen LogP contribution >= 0.6 is 11.5 Å². The van der Waals surface area contributed by atoms with Gasteiger partial charge in [0.1, 0.15) is 0 Å². The zero-order valence-corrected chi connectivity index (χ0v) is 5.31. The Balaban J connectivity index is 2.19. The molecule has 0 aromatic rings. The summed E-state index contributed by atoms with van der Waals surface area (Å²) < 4.78 is 1.85. The molecule has 1 fully saturated rings. The molecule has 1 aliphatic heterocycles. The summed E-state index contributed by atoms with van der Waals surface area (Å²) in [7, 11) is 5.48. The zero-order chi connectivity index (χ0) is 5.98. The summed E-state index contributed by atoms with van der Waals surface area (Å²) in [6.45, 7) is 0. The number of hydrogen-bond donors (Lipinski definition) is 2. The van der Waals surface area contributed by atoms with Crippen molar-refractivity contribution < 1.29 is 0 Å². The third-order valence-corrected chi connectivity index (χ3v) is 1.10. The van der Waals surface area contributed by atoms with Crippen molar-refractivity contribution >= 4 is 33.0 Å². The summed E-state index contributed by atoms with van der Waals surface area (Å²) >= 11 is 5.57. The first-order chi connectivity index (χ1) is 3.79. The standard InChI is InChI=1S/CH5B3ClN3/c1-8-2-6-4(5)7-3-8/h6-7H,1H3. The van der Waals surface area contributed by atoms with E-state index in [1.54, 1.807) is 15.1 Å². The molecule has 2 N–H and O–H groups in total. The van der Waals surface area contributed by atoms with Crippen LogP contribution < -0.4 is 10.3 Å². The summed E-state index contributed by atoms with van der Waals surface area (Å²) in [6, 6.07) is 0. The predicted molar refractivity (Wildman–Crippen MR) is 37.1 cm³/mol. The molecular weight excluding hydrogens is 122 g/mol. The van der Waals surface area contributed by atoms with E-state index >= 15 is 0 Å². The molecule has 8 heavy (non-hydrogen) atoms. The second-order valence-corrected chi connectivity index (χ2v) is 2.06. The Bertz CT molecular complexity index is 62.9. The maximum atomic E-state index is 5.57. The van der Waals surface area contributed by atoms with Crippen LogP contribution in [-0.4, -0.2) is 33.3 Å². The van der Waals surface area contributed by atoms with Crippen LogP contribution in [-0.2, 0) is 0 Å². The molecule has 3 nitrogen and oxygen atoms in total. The first kappa shape index (κ1) is 6.48. The van der Waals surface area contributed by atoms with Crippen LogP contribution in [0.5, 0.6) is 0 Å². The Labute approximate surface area is 55.7 Å². The van der Waals surface area contributed by atoms with E-state index in [0.717, 1.165) is 0 Å². The Morgan fingerprint density at radius 2 is 2.00 bits per heavy atom. The van der Waals surface area contributed by atoms with E-state index in [4.69, 9.17) is 11.5 Å². The largest absolute Gasteiger partial charge is 0.392 e. The molecule has 1 heterocycles. The molecule has 0 unspecified atom stereocenters. The van der Waals surface area contributed by atoms with Crippen molar-refractivity contribution in [3.8, 4) is 0 Å². The average Bonchev–Trinajstić information content (AvgIpc) is 1.77. The Kier molecular flexibility index (Phi) is 2.25. The smallest absolute Gasteiger partial charge is 0.368 e. The van der Waals surface area contributed by atoms with Crippen LogP contribution in [0.3, 0.4) is 0 Å². The quantitative estimate of drug-likeness (QED) is 0.384. The summed E-state index contributed by atoms with van der Waals surface area (Å²) in [6.07, 6.45) is -0.161. The minimum Gasteiger partial charge on any atom is -0.368 e. The Morgan fingerprint density at radius 1 is 1.50 bits per heavy atom. The highest BCUT2D eigenvalue weighted by Crippen LogP contribution is 1.83. The van der Waals surface area contributed by atoms with E-state index in [9.17, 15) is 0 Å². The van der Waals surface area contributed by atoms with E-state index in [-0.39, 0.29) is 6.40 Å². The van der Waals surface area contributed by atoms with Gasteiger partial charge in [-0.25, -0.2) is 0 Å². The maximum absolute atomic E-state index is 5.57. The van der Waals surface area contributed by atoms with Crippen molar-refractivity contribution in [3.63, 3.8) is 0 Å². The lowest BCUT2D eigenvalue weighted by Crippen LogP contribution is -2.61. The van der Waals surface area contributed by atoms with Gasteiger partial charge in [0.25, 0.3) is 15.1 Å². The van der Waals surface area contributed by atoms with Gasteiger partial charge in [-0.2, -0.15) is 11.5 Å². The highest BCUT2D eigenvalue weighted by molar-refractivity contribution is 7.09. The fourth-order valence-corrected chi connectivity index (χ4v) is 0.564. The summed E-state index contributed by atoms with van der Waals surface area (Å²) in [5, 5.41) is 5.71. The van der Waals surface area contributed by atoms with E-state index < -0.39 is 0 Å². The number of halogens is 1. The lowest BCUT2D eigenvalue weighted by Gasteiger charge is -2.22. The Morgan fingerprint density at radius 3 is 2.38 bits per heavy atom. The van der Waals surface area contributed by atoms with Crippen LogP contribution in [0.4, 0.5) is 0 Å². The fraction of sp³-hybridized carbons (Fsp3) is 1.00. The molecule has 0 aromatic carbocycles. The van der Waals surface area contributed by atoms with Crippen molar-refractivity contribution in [2.75, 3.05) is 7.05 Å². The minimum atomic E-state index is -0.161. The zero-order valence-electron chi connectivity index (χ0n) is 4.56. The second kappa shape index (κ2) is 2.78. The van der Waals surface area contributed by atoms with Crippen LogP contribution in [0.1, 0.15) is 0 Å². The van der Waals surface area contributed by atoms with Crippen molar-refractivity contribution in [1.82, 2.24) is 15.0 Å². The third-order valence-electron chi connectivity index (χ3n) is 0.849. The molecule has 1 rings (SSSR count). The van der Waals surface area contributed by atoms with Crippen molar-refractivity contribution in [1.29, 1.82) is 0 Å². The number of rotatable bonds is 0. The fourth-order valence-electron chi connectivity index (χ4n) is 0.451. The van der Waals surface area contributed by atoms with Gasteiger partial charge in [-0.15, -0.1) is 0 Å². The number of nitrogens with one attached hydrogen (secondary N) is 2. The highest BCUT2D eigenvalue weighted by atomic mass is 35.5. The molecule has 0 atom stereocenters. The van der Waals surface area contributed by atoms with Crippen LogP contribution in [0.15, 0.2) is 0 Å². The lowest BCUT2D eigenvalue weighted by atomic mass is 9.81. The van der Waals surface area contributed by atoms with Gasteiger partial charge in [0.05, 0.1) is 0 Å². The minimum absolute atomic E-state index is 0.161. The van der Waals surface area contributed by atoms with E-state index in [2.05, 4.69) is 10.3 Å². The van der Waals surface area contributed by atoms with E-state index in [0.29, 0.717) is 0 Å². The number of nitrogens with zero attached hydrogens (tertiary/aromatic N) is 1. The van der Waals surface area contributed by atoms with Crippen LogP contribution in [0.2, 0.25) is 0 Å². The third kappa shape index (κ3) is 1.71. The SMILES string of the molecule is CN1[B]NB(Cl)N[B]1. The van der Waals surface area contributed by atoms with Crippen molar-refractivity contribution in [3.05, 3.63) is 0 Å². The van der Waals surface area contributed by atoms with E-state index in [1.165, 1.54) is 0 Å². The van der Waals surface area contributed by atoms with E-state index in [1.807, 2.05) is 11.8 Å². The van der Waals surface area contributed by atoms with Crippen molar-refractivity contribution in [2.24, 2.45) is 0 Å². The van der Waals surface area contributed by atoms with Gasteiger partial charge in [0.15, 0.2) is 0 Å². The summed E-state index contributed by atoms with van der Waals surface area (Å²) in [5.41, 5.74) is 0. The molecule has 0 aromatic heterocycles. The molecule has 0 aliphatic carbocycles. The molecule has 1 aliphatic rings. The lowest BCUT2D eigenvalue weighted by molar-refractivity contribution is 0.810. The maximum Gasteiger partial charge on any atom is 0.392 e. The summed E-state index contributed by atoms with van der Waals surface area (Å²) in [5.74, 6) is 0. The monoisotopic (exact) mass is 127 g/mol. The van der Waals surface area contributed by atoms with Gasteiger partial charge in [0.2, 0.25) is 0 Å². The van der Waals surface area contributed by atoms with Crippen LogP contribution in [0.25, 0.3) is 0 Å². The van der Waals surface area contributed by atoms with Gasteiger partial charge < -0.3 is 15.0 Å². The first-order valence-corrected chi connectivity index (χ1v) is 2.77. The normalized spacial score (nSPS) is 22.0. The molecule has 0 spiro atoms. The van der Waals surface area contributed by atoms with Crippen LogP contribution in [0, 0.1) is 0 Å². The van der Waals surface area contributed by atoms with Gasteiger partial charge in [-0.3, -0.25) is 0 Å². The Hall–Kier alpha value is 0.365. The predicted octanol–water partition coefficient (Wildman–Crippen LogP) is -1.60. The molecule has 7 heteroatoms. The first-order valence-electron chi connectivity index (χ1n) is 2.34. The second-order valence-electron chi connectivity index (χ2n) is 1.62. The average molecular weight is 127 g/mol. The molecular formula is CH5B3ClN3. The summed E-state index contributed by atoms with van der Waals surface area (Å²) in [4.78, 5) is 0. The highest BCUT2D eigenvalue weighted by Gasteiger charge is 2.18. The molecule has 2 radical (unpaired) electrons. The number of hydrogen-bond acceptors (Lipinski definition) is 3. The van der Waals surface area contributed by atoms with Gasteiger partial charge in [0, 0.05) is 0 Å².